The standard InChI is InChI=1S/C14H20O2/c1-13(2)10-15-12(16-14(13,3)4)11-8-6-5-7-9-11/h5-9,12H,10H2,1-4H3. The molecule has 1 aliphatic heterocycles. The highest BCUT2D eigenvalue weighted by atomic mass is 16.7. The second kappa shape index (κ2) is 3.86. The van der Waals surface area contributed by atoms with Crippen molar-refractivity contribution in [1.82, 2.24) is 0 Å². The molecular weight excluding hydrogens is 200 g/mol. The van der Waals surface area contributed by atoms with E-state index in [0.717, 1.165) is 12.2 Å². The third kappa shape index (κ3) is 2.00. The van der Waals surface area contributed by atoms with Gasteiger partial charge in [-0.3, -0.25) is 0 Å². The summed E-state index contributed by atoms with van der Waals surface area (Å²) in [5, 5.41) is 0. The number of rotatable bonds is 1. The third-order valence-electron chi connectivity index (χ3n) is 3.70. The molecule has 0 bridgehead atoms. The van der Waals surface area contributed by atoms with Gasteiger partial charge >= 0.3 is 0 Å². The Bertz CT molecular complexity index is 354. The molecule has 0 saturated carbocycles. The zero-order valence-corrected chi connectivity index (χ0v) is 10.5. The van der Waals surface area contributed by atoms with Crippen LogP contribution in [0, 0.1) is 5.41 Å². The molecule has 2 heteroatoms. The second-order valence-corrected chi connectivity index (χ2v) is 5.57. The molecule has 0 amide bonds. The Labute approximate surface area is 97.6 Å². The van der Waals surface area contributed by atoms with Gasteiger partial charge < -0.3 is 9.47 Å². The van der Waals surface area contributed by atoms with Crippen LogP contribution in [0.15, 0.2) is 30.3 Å². The Morgan fingerprint density at radius 3 is 2.25 bits per heavy atom. The number of hydrogen-bond acceptors (Lipinski definition) is 2. The Morgan fingerprint density at radius 2 is 1.69 bits per heavy atom. The maximum absolute atomic E-state index is 6.05. The van der Waals surface area contributed by atoms with Crippen LogP contribution in [0.4, 0.5) is 0 Å². The number of hydrogen-bond donors (Lipinski definition) is 0. The first-order valence-electron chi connectivity index (χ1n) is 5.77. The summed E-state index contributed by atoms with van der Waals surface area (Å²) in [7, 11) is 0. The molecular formula is C14H20O2. The van der Waals surface area contributed by atoms with E-state index in [1.807, 2.05) is 30.3 Å². The van der Waals surface area contributed by atoms with Crippen molar-refractivity contribution in [2.45, 2.75) is 39.6 Å². The summed E-state index contributed by atoms with van der Waals surface area (Å²) in [5.41, 5.74) is 0.954. The zero-order chi connectivity index (χ0) is 11.8. The van der Waals surface area contributed by atoms with E-state index in [0.29, 0.717) is 0 Å². The number of ether oxygens (including phenoxy) is 2. The molecule has 1 atom stereocenters. The second-order valence-electron chi connectivity index (χ2n) is 5.57. The largest absolute Gasteiger partial charge is 0.348 e. The van der Waals surface area contributed by atoms with Gasteiger partial charge in [-0.2, -0.15) is 0 Å². The van der Waals surface area contributed by atoms with Crippen molar-refractivity contribution >= 4 is 0 Å². The SMILES string of the molecule is CC1(C)COC(c2ccccc2)OC1(C)C. The maximum atomic E-state index is 6.05. The van der Waals surface area contributed by atoms with Gasteiger partial charge in [0.2, 0.25) is 0 Å². The summed E-state index contributed by atoms with van der Waals surface area (Å²) in [6, 6.07) is 10.1. The normalized spacial score (nSPS) is 27.6. The zero-order valence-electron chi connectivity index (χ0n) is 10.5. The fourth-order valence-corrected chi connectivity index (χ4v) is 1.69. The lowest BCUT2D eigenvalue weighted by atomic mass is 9.77. The van der Waals surface area contributed by atoms with Crippen LogP contribution in [-0.2, 0) is 9.47 Å². The fourth-order valence-electron chi connectivity index (χ4n) is 1.69. The topological polar surface area (TPSA) is 18.5 Å². The van der Waals surface area contributed by atoms with Crippen LogP contribution < -0.4 is 0 Å². The van der Waals surface area contributed by atoms with Crippen LogP contribution in [0.5, 0.6) is 0 Å². The monoisotopic (exact) mass is 220 g/mol. The predicted octanol–water partition coefficient (Wildman–Crippen LogP) is 3.54. The quantitative estimate of drug-likeness (QED) is 0.720. The van der Waals surface area contributed by atoms with Gasteiger partial charge in [-0.1, -0.05) is 44.2 Å². The van der Waals surface area contributed by atoms with Gasteiger partial charge in [0.05, 0.1) is 12.2 Å². The maximum Gasteiger partial charge on any atom is 0.184 e. The molecule has 0 aliphatic carbocycles. The minimum atomic E-state index is -0.232. The predicted molar refractivity (Wildman–Crippen MR) is 64.1 cm³/mol. The van der Waals surface area contributed by atoms with Gasteiger partial charge in [-0.15, -0.1) is 0 Å². The van der Waals surface area contributed by atoms with Gasteiger partial charge in [0.25, 0.3) is 0 Å². The number of benzene rings is 1. The molecule has 2 rings (SSSR count). The van der Waals surface area contributed by atoms with Crippen LogP contribution in [0.25, 0.3) is 0 Å². The highest BCUT2D eigenvalue weighted by molar-refractivity contribution is 5.16. The summed E-state index contributed by atoms with van der Waals surface area (Å²) in [6.07, 6.45) is -0.232. The molecule has 88 valence electrons. The van der Waals surface area contributed by atoms with E-state index in [1.165, 1.54) is 0 Å². The third-order valence-corrected chi connectivity index (χ3v) is 3.70. The highest BCUT2D eigenvalue weighted by Crippen LogP contribution is 2.43. The van der Waals surface area contributed by atoms with Crippen LogP contribution in [0.2, 0.25) is 0 Å². The highest BCUT2D eigenvalue weighted by Gasteiger charge is 2.44. The van der Waals surface area contributed by atoms with Crippen LogP contribution in [-0.4, -0.2) is 12.2 Å². The van der Waals surface area contributed by atoms with E-state index in [9.17, 15) is 0 Å². The lowest BCUT2D eigenvalue weighted by Crippen LogP contribution is -2.50. The summed E-state index contributed by atoms with van der Waals surface area (Å²) in [5.74, 6) is 0. The molecule has 0 radical (unpaired) electrons. The molecule has 1 fully saturated rings. The lowest BCUT2D eigenvalue weighted by molar-refractivity contribution is -0.300. The Morgan fingerprint density at radius 1 is 1.06 bits per heavy atom. The van der Waals surface area contributed by atoms with E-state index >= 15 is 0 Å². The molecule has 1 heterocycles. The molecule has 0 aromatic heterocycles. The van der Waals surface area contributed by atoms with Crippen LogP contribution in [0.1, 0.15) is 39.5 Å². The summed E-state index contributed by atoms with van der Waals surface area (Å²) < 4.78 is 11.8. The van der Waals surface area contributed by atoms with E-state index < -0.39 is 0 Å². The van der Waals surface area contributed by atoms with Gasteiger partial charge in [-0.25, -0.2) is 0 Å². The molecule has 1 saturated heterocycles. The van der Waals surface area contributed by atoms with Crippen LogP contribution in [0.3, 0.4) is 0 Å². The molecule has 0 N–H and O–H groups in total. The first-order chi connectivity index (χ1) is 7.42. The molecule has 0 spiro atoms. The Kier molecular flexibility index (Phi) is 2.81. The van der Waals surface area contributed by atoms with E-state index in [1.54, 1.807) is 0 Å². The van der Waals surface area contributed by atoms with Crippen molar-refractivity contribution in [2.75, 3.05) is 6.61 Å². The van der Waals surface area contributed by atoms with E-state index in [2.05, 4.69) is 27.7 Å². The van der Waals surface area contributed by atoms with Gasteiger partial charge in [-0.05, 0) is 13.8 Å². The van der Waals surface area contributed by atoms with Crippen LogP contribution >= 0.6 is 0 Å². The van der Waals surface area contributed by atoms with Crippen molar-refractivity contribution in [3.63, 3.8) is 0 Å². The van der Waals surface area contributed by atoms with Crippen molar-refractivity contribution in [3.8, 4) is 0 Å². The van der Waals surface area contributed by atoms with Gasteiger partial charge in [0.1, 0.15) is 0 Å². The van der Waals surface area contributed by atoms with Crippen molar-refractivity contribution in [3.05, 3.63) is 35.9 Å². The van der Waals surface area contributed by atoms with Gasteiger partial charge in [0, 0.05) is 11.0 Å². The van der Waals surface area contributed by atoms with E-state index in [-0.39, 0.29) is 17.3 Å². The molecule has 1 unspecified atom stereocenters. The lowest BCUT2D eigenvalue weighted by Gasteiger charge is -2.48. The summed E-state index contributed by atoms with van der Waals surface area (Å²) in [6.45, 7) is 9.33. The average Bonchev–Trinajstić information content (AvgIpc) is 2.23. The van der Waals surface area contributed by atoms with Gasteiger partial charge in [0.15, 0.2) is 6.29 Å². The van der Waals surface area contributed by atoms with Crippen molar-refractivity contribution in [1.29, 1.82) is 0 Å². The summed E-state index contributed by atoms with van der Waals surface area (Å²) >= 11 is 0. The van der Waals surface area contributed by atoms with E-state index in [4.69, 9.17) is 9.47 Å². The summed E-state index contributed by atoms with van der Waals surface area (Å²) in [4.78, 5) is 0. The van der Waals surface area contributed by atoms with Crippen molar-refractivity contribution < 1.29 is 9.47 Å². The molecule has 1 aromatic carbocycles. The minimum absolute atomic E-state index is 0.0400. The molecule has 2 nitrogen and oxygen atoms in total. The smallest absolute Gasteiger partial charge is 0.184 e. The Balaban J connectivity index is 2.18. The fraction of sp³-hybridized carbons (Fsp3) is 0.571. The first kappa shape index (κ1) is 11.6. The molecule has 16 heavy (non-hydrogen) atoms. The Hall–Kier alpha value is -0.860. The minimum Gasteiger partial charge on any atom is -0.348 e. The first-order valence-corrected chi connectivity index (χ1v) is 5.77. The molecule has 1 aromatic rings. The molecule has 1 aliphatic rings. The average molecular weight is 220 g/mol. The van der Waals surface area contributed by atoms with Crippen molar-refractivity contribution in [2.24, 2.45) is 5.41 Å².